The first kappa shape index (κ1) is 15.4. The number of hydrogen-bond donors (Lipinski definition) is 2. The molecule has 0 unspecified atom stereocenters. The first-order valence-electron chi connectivity index (χ1n) is 7.02. The SMILES string of the molecule is CCNCc1ccc(S(=O)(=O)N2CCC(O)CC2)cc1. The molecule has 1 fully saturated rings. The Bertz CT molecular complexity index is 520. The quantitative estimate of drug-likeness (QED) is 0.849. The van der Waals surface area contributed by atoms with Gasteiger partial charge >= 0.3 is 0 Å². The fourth-order valence-electron chi connectivity index (χ4n) is 2.28. The summed E-state index contributed by atoms with van der Waals surface area (Å²) in [5, 5.41) is 12.7. The van der Waals surface area contributed by atoms with Gasteiger partial charge in [-0.1, -0.05) is 19.1 Å². The van der Waals surface area contributed by atoms with Crippen LogP contribution in [0.4, 0.5) is 0 Å². The number of nitrogens with one attached hydrogen (secondary N) is 1. The molecule has 0 amide bonds. The fourth-order valence-corrected chi connectivity index (χ4v) is 3.75. The average molecular weight is 298 g/mol. The summed E-state index contributed by atoms with van der Waals surface area (Å²) in [4.78, 5) is 0.328. The van der Waals surface area contributed by atoms with Gasteiger partial charge in [-0.15, -0.1) is 0 Å². The van der Waals surface area contributed by atoms with Crippen molar-refractivity contribution >= 4 is 10.0 Å². The summed E-state index contributed by atoms with van der Waals surface area (Å²) in [5.74, 6) is 0. The lowest BCUT2D eigenvalue weighted by Gasteiger charge is -2.28. The lowest BCUT2D eigenvalue weighted by Crippen LogP contribution is -2.39. The van der Waals surface area contributed by atoms with E-state index in [0.717, 1.165) is 18.7 Å². The van der Waals surface area contributed by atoms with Gasteiger partial charge in [0.15, 0.2) is 0 Å². The van der Waals surface area contributed by atoms with Crippen LogP contribution in [0.15, 0.2) is 29.2 Å². The molecule has 2 rings (SSSR count). The first-order valence-corrected chi connectivity index (χ1v) is 8.46. The third-order valence-corrected chi connectivity index (χ3v) is 5.48. The molecule has 20 heavy (non-hydrogen) atoms. The van der Waals surface area contributed by atoms with Crippen LogP contribution in [0.1, 0.15) is 25.3 Å². The Morgan fingerprint density at radius 1 is 1.25 bits per heavy atom. The van der Waals surface area contributed by atoms with Crippen LogP contribution in [0, 0.1) is 0 Å². The van der Waals surface area contributed by atoms with Gasteiger partial charge in [-0.2, -0.15) is 4.31 Å². The van der Waals surface area contributed by atoms with Crippen molar-refractivity contribution in [2.45, 2.75) is 37.3 Å². The van der Waals surface area contributed by atoms with Crippen molar-refractivity contribution in [3.8, 4) is 0 Å². The Hall–Kier alpha value is -0.950. The van der Waals surface area contributed by atoms with Crippen LogP contribution in [-0.4, -0.2) is 43.6 Å². The topological polar surface area (TPSA) is 69.6 Å². The molecule has 1 aliphatic rings. The van der Waals surface area contributed by atoms with E-state index in [1.807, 2.05) is 19.1 Å². The second-order valence-corrected chi connectivity index (χ2v) is 7.00. The van der Waals surface area contributed by atoms with E-state index in [1.165, 1.54) is 4.31 Å². The van der Waals surface area contributed by atoms with E-state index in [1.54, 1.807) is 12.1 Å². The van der Waals surface area contributed by atoms with Crippen LogP contribution in [-0.2, 0) is 16.6 Å². The van der Waals surface area contributed by atoms with Gasteiger partial charge in [0.25, 0.3) is 0 Å². The lowest BCUT2D eigenvalue weighted by atomic mass is 10.1. The van der Waals surface area contributed by atoms with Crippen LogP contribution < -0.4 is 5.32 Å². The minimum Gasteiger partial charge on any atom is -0.393 e. The van der Waals surface area contributed by atoms with E-state index < -0.39 is 10.0 Å². The number of aliphatic hydroxyl groups is 1. The van der Waals surface area contributed by atoms with E-state index in [2.05, 4.69) is 5.32 Å². The van der Waals surface area contributed by atoms with Gasteiger partial charge in [-0.25, -0.2) is 8.42 Å². The Kier molecular flexibility index (Phi) is 5.15. The maximum absolute atomic E-state index is 12.4. The van der Waals surface area contributed by atoms with Crippen molar-refractivity contribution < 1.29 is 13.5 Å². The van der Waals surface area contributed by atoms with Crippen molar-refractivity contribution in [1.29, 1.82) is 0 Å². The van der Waals surface area contributed by atoms with Crippen molar-refractivity contribution in [2.75, 3.05) is 19.6 Å². The van der Waals surface area contributed by atoms with Crippen LogP contribution >= 0.6 is 0 Å². The number of hydrogen-bond acceptors (Lipinski definition) is 4. The van der Waals surface area contributed by atoms with Gasteiger partial charge in [0.2, 0.25) is 10.0 Å². The Morgan fingerprint density at radius 2 is 1.85 bits per heavy atom. The van der Waals surface area contributed by atoms with Gasteiger partial charge in [-0.05, 0) is 37.1 Å². The molecule has 0 bridgehead atoms. The summed E-state index contributed by atoms with van der Waals surface area (Å²) in [6.07, 6.45) is 0.652. The van der Waals surface area contributed by atoms with Crippen LogP contribution in [0.5, 0.6) is 0 Å². The highest BCUT2D eigenvalue weighted by Crippen LogP contribution is 2.21. The highest BCUT2D eigenvalue weighted by atomic mass is 32.2. The molecule has 0 saturated carbocycles. The van der Waals surface area contributed by atoms with Crippen molar-refractivity contribution in [1.82, 2.24) is 9.62 Å². The zero-order valence-electron chi connectivity index (χ0n) is 11.7. The van der Waals surface area contributed by atoms with Gasteiger partial charge in [0.1, 0.15) is 0 Å². The van der Waals surface area contributed by atoms with Gasteiger partial charge < -0.3 is 10.4 Å². The molecule has 0 aromatic heterocycles. The smallest absolute Gasteiger partial charge is 0.243 e. The molecule has 5 nitrogen and oxygen atoms in total. The maximum atomic E-state index is 12.4. The molecule has 0 spiro atoms. The third-order valence-electron chi connectivity index (χ3n) is 3.56. The molecule has 1 aromatic rings. The molecule has 112 valence electrons. The summed E-state index contributed by atoms with van der Waals surface area (Å²) in [7, 11) is -3.42. The summed E-state index contributed by atoms with van der Waals surface area (Å²) in [6.45, 7) is 4.44. The number of benzene rings is 1. The van der Waals surface area contributed by atoms with Crippen LogP contribution in [0.25, 0.3) is 0 Å². The van der Waals surface area contributed by atoms with E-state index in [4.69, 9.17) is 0 Å². The largest absolute Gasteiger partial charge is 0.393 e. The van der Waals surface area contributed by atoms with E-state index in [-0.39, 0.29) is 6.10 Å². The first-order chi connectivity index (χ1) is 9.54. The lowest BCUT2D eigenvalue weighted by molar-refractivity contribution is 0.113. The number of rotatable bonds is 5. The Balaban J connectivity index is 2.09. The standard InChI is InChI=1S/C14H22N2O3S/c1-2-15-11-12-3-5-14(6-4-12)20(18,19)16-9-7-13(17)8-10-16/h3-6,13,15,17H,2,7-11H2,1H3. The second-order valence-electron chi connectivity index (χ2n) is 5.06. The minimum absolute atomic E-state index is 0.328. The van der Waals surface area contributed by atoms with Gasteiger partial charge in [0, 0.05) is 19.6 Å². The molecule has 1 heterocycles. The van der Waals surface area contributed by atoms with Crippen LogP contribution in [0.2, 0.25) is 0 Å². The minimum atomic E-state index is -3.42. The fraction of sp³-hybridized carbons (Fsp3) is 0.571. The molecular formula is C14H22N2O3S. The molecule has 0 radical (unpaired) electrons. The Labute approximate surface area is 120 Å². The van der Waals surface area contributed by atoms with Crippen molar-refractivity contribution in [3.63, 3.8) is 0 Å². The zero-order chi connectivity index (χ0) is 14.6. The maximum Gasteiger partial charge on any atom is 0.243 e. The van der Waals surface area contributed by atoms with Crippen molar-refractivity contribution in [2.24, 2.45) is 0 Å². The average Bonchev–Trinajstić information content (AvgIpc) is 2.46. The molecule has 6 heteroatoms. The van der Waals surface area contributed by atoms with E-state index in [0.29, 0.717) is 30.8 Å². The van der Waals surface area contributed by atoms with Crippen LogP contribution in [0.3, 0.4) is 0 Å². The highest BCUT2D eigenvalue weighted by Gasteiger charge is 2.28. The van der Waals surface area contributed by atoms with E-state index in [9.17, 15) is 13.5 Å². The molecule has 1 saturated heterocycles. The number of aliphatic hydroxyl groups excluding tert-OH is 1. The molecule has 1 aliphatic heterocycles. The van der Waals surface area contributed by atoms with Gasteiger partial charge in [-0.3, -0.25) is 0 Å². The second kappa shape index (κ2) is 6.67. The molecule has 2 N–H and O–H groups in total. The number of sulfonamides is 1. The summed E-state index contributed by atoms with van der Waals surface area (Å²) < 4.78 is 26.4. The van der Waals surface area contributed by atoms with E-state index >= 15 is 0 Å². The Morgan fingerprint density at radius 3 is 2.40 bits per heavy atom. The summed E-state index contributed by atoms with van der Waals surface area (Å²) >= 11 is 0. The monoisotopic (exact) mass is 298 g/mol. The summed E-state index contributed by atoms with van der Waals surface area (Å²) in [6, 6.07) is 7.00. The summed E-state index contributed by atoms with van der Waals surface area (Å²) in [5.41, 5.74) is 1.07. The molecule has 1 aromatic carbocycles. The predicted molar refractivity (Wildman–Crippen MR) is 77.8 cm³/mol. The zero-order valence-corrected chi connectivity index (χ0v) is 12.6. The molecule has 0 atom stereocenters. The molecule has 0 aliphatic carbocycles. The third kappa shape index (κ3) is 3.58. The number of nitrogens with zero attached hydrogens (tertiary/aromatic N) is 1. The highest BCUT2D eigenvalue weighted by molar-refractivity contribution is 7.89. The van der Waals surface area contributed by atoms with Gasteiger partial charge in [0.05, 0.1) is 11.0 Å². The number of piperidine rings is 1. The predicted octanol–water partition coefficient (Wildman–Crippen LogP) is 0.941. The van der Waals surface area contributed by atoms with Crippen molar-refractivity contribution in [3.05, 3.63) is 29.8 Å². The normalized spacial score (nSPS) is 18.3. The molecular weight excluding hydrogens is 276 g/mol.